The van der Waals surface area contributed by atoms with Gasteiger partial charge in [0.1, 0.15) is 5.75 Å². The summed E-state index contributed by atoms with van der Waals surface area (Å²) >= 11 is 0. The van der Waals surface area contributed by atoms with Crippen molar-refractivity contribution in [1.82, 2.24) is 10.0 Å². The molecule has 7 nitrogen and oxygen atoms in total. The van der Waals surface area contributed by atoms with Crippen molar-refractivity contribution in [2.75, 3.05) is 19.7 Å². The van der Waals surface area contributed by atoms with E-state index in [0.717, 1.165) is 36.7 Å². The van der Waals surface area contributed by atoms with Crippen LogP contribution >= 0.6 is 12.4 Å². The summed E-state index contributed by atoms with van der Waals surface area (Å²) in [7, 11) is -3.68. The Morgan fingerprint density at radius 3 is 2.37 bits per heavy atom. The maximum atomic E-state index is 12.6. The minimum atomic E-state index is -3.68. The van der Waals surface area contributed by atoms with Crippen LogP contribution in [-0.2, 0) is 27.0 Å². The van der Waals surface area contributed by atoms with Crippen LogP contribution in [0.5, 0.6) is 5.75 Å². The van der Waals surface area contributed by atoms with Crippen LogP contribution in [0.15, 0.2) is 54.6 Å². The zero-order chi connectivity index (χ0) is 24.2. The van der Waals surface area contributed by atoms with Gasteiger partial charge in [-0.25, -0.2) is 13.1 Å². The number of carbonyl (C=O) groups is 1. The number of carboxylic acid groups (broad SMARTS) is 1. The molecular weight excluding hydrogens is 488 g/mol. The van der Waals surface area contributed by atoms with Crippen LogP contribution in [0.1, 0.15) is 49.7 Å². The number of benzene rings is 2. The van der Waals surface area contributed by atoms with E-state index >= 15 is 0 Å². The summed E-state index contributed by atoms with van der Waals surface area (Å²) in [6.45, 7) is 2.94. The zero-order valence-electron chi connectivity index (χ0n) is 20.0. The fourth-order valence-corrected chi connectivity index (χ4v) is 5.75. The fourth-order valence-electron chi connectivity index (χ4n) is 4.36. The molecule has 1 aliphatic heterocycles. The lowest BCUT2D eigenvalue weighted by Gasteiger charge is -2.22. The second kappa shape index (κ2) is 15.1. The molecule has 0 spiro atoms. The average molecular weight is 525 g/mol. The van der Waals surface area contributed by atoms with Gasteiger partial charge in [0.15, 0.2) is 0 Å². The monoisotopic (exact) mass is 524 g/mol. The molecule has 35 heavy (non-hydrogen) atoms. The van der Waals surface area contributed by atoms with Crippen molar-refractivity contribution in [3.05, 3.63) is 65.7 Å². The molecule has 194 valence electrons. The largest absolute Gasteiger partial charge is 0.494 e. The van der Waals surface area contributed by atoms with Crippen molar-refractivity contribution in [1.29, 1.82) is 0 Å². The Morgan fingerprint density at radius 2 is 1.71 bits per heavy atom. The fraction of sp³-hybridized carbons (Fsp3) is 0.500. The van der Waals surface area contributed by atoms with Crippen LogP contribution in [-0.4, -0.2) is 45.2 Å². The Morgan fingerprint density at radius 1 is 1.03 bits per heavy atom. The summed E-state index contributed by atoms with van der Waals surface area (Å²) in [6.07, 6.45) is 5.99. The molecule has 0 amide bonds. The Balaban J connectivity index is 0.00000432. The predicted molar refractivity (Wildman–Crippen MR) is 141 cm³/mol. The molecule has 1 unspecified atom stereocenters. The van der Waals surface area contributed by atoms with Gasteiger partial charge in [-0.05, 0) is 74.4 Å². The summed E-state index contributed by atoms with van der Waals surface area (Å²) in [6, 6.07) is 15.6. The molecule has 1 heterocycles. The molecule has 1 aliphatic rings. The van der Waals surface area contributed by atoms with Crippen LogP contribution in [0.25, 0.3) is 0 Å². The van der Waals surface area contributed by atoms with E-state index < -0.39 is 22.0 Å². The highest BCUT2D eigenvalue weighted by Crippen LogP contribution is 2.20. The quantitative estimate of drug-likeness (QED) is 0.320. The van der Waals surface area contributed by atoms with Gasteiger partial charge in [0.2, 0.25) is 10.0 Å². The van der Waals surface area contributed by atoms with E-state index in [9.17, 15) is 18.3 Å². The van der Waals surface area contributed by atoms with Crippen LogP contribution in [0, 0.1) is 5.92 Å². The number of sulfonamides is 1. The summed E-state index contributed by atoms with van der Waals surface area (Å²) in [4.78, 5) is 11.3. The standard InChI is InChI=1S/C26H36N2O5S.ClH/c29-26(30)19-24(28-34(31,32)20-23-7-2-1-3-8-23)18-22-9-11-25(12-10-22)33-17-5-4-6-21-13-15-27-16-14-21;/h1-3,7-12,21,24,27-28H,4-6,13-20H2,(H,29,30);1H. The van der Waals surface area contributed by atoms with Crippen LogP contribution in [0.4, 0.5) is 0 Å². The first kappa shape index (κ1) is 29.1. The minimum absolute atomic E-state index is 0. The molecule has 3 rings (SSSR count). The van der Waals surface area contributed by atoms with Gasteiger partial charge in [-0.15, -0.1) is 12.4 Å². The van der Waals surface area contributed by atoms with Crippen molar-refractivity contribution in [3.63, 3.8) is 0 Å². The van der Waals surface area contributed by atoms with Gasteiger partial charge in [0.05, 0.1) is 18.8 Å². The average Bonchev–Trinajstić information content (AvgIpc) is 2.80. The number of aliphatic carboxylic acids is 1. The molecule has 0 aliphatic carbocycles. The molecule has 1 fully saturated rings. The third kappa shape index (κ3) is 11.4. The molecule has 0 bridgehead atoms. The van der Waals surface area contributed by atoms with Gasteiger partial charge in [-0.2, -0.15) is 0 Å². The smallest absolute Gasteiger partial charge is 0.304 e. The lowest BCUT2D eigenvalue weighted by atomic mass is 9.93. The lowest BCUT2D eigenvalue weighted by molar-refractivity contribution is -0.137. The molecule has 9 heteroatoms. The molecule has 0 radical (unpaired) electrons. The number of nitrogens with one attached hydrogen (secondary N) is 2. The first-order valence-electron chi connectivity index (χ1n) is 12.1. The molecule has 1 atom stereocenters. The highest BCUT2D eigenvalue weighted by Gasteiger charge is 2.21. The Bertz CT molecular complexity index is 981. The number of halogens is 1. The number of unbranched alkanes of at least 4 members (excludes halogenated alkanes) is 1. The molecule has 1 saturated heterocycles. The van der Waals surface area contributed by atoms with Crippen molar-refractivity contribution >= 4 is 28.4 Å². The van der Waals surface area contributed by atoms with Gasteiger partial charge in [0, 0.05) is 6.04 Å². The number of carboxylic acids is 1. The number of ether oxygens (including phenoxy) is 1. The number of hydrogen-bond donors (Lipinski definition) is 3. The van der Waals surface area contributed by atoms with Crippen molar-refractivity contribution in [2.45, 2.75) is 56.7 Å². The van der Waals surface area contributed by atoms with E-state index in [1.54, 1.807) is 24.3 Å². The van der Waals surface area contributed by atoms with Gasteiger partial charge < -0.3 is 15.2 Å². The number of piperidine rings is 1. The van der Waals surface area contributed by atoms with Gasteiger partial charge in [0.25, 0.3) is 0 Å². The van der Waals surface area contributed by atoms with E-state index in [0.29, 0.717) is 12.2 Å². The Labute approximate surface area is 215 Å². The minimum Gasteiger partial charge on any atom is -0.494 e. The van der Waals surface area contributed by atoms with Crippen LogP contribution in [0.2, 0.25) is 0 Å². The van der Waals surface area contributed by atoms with Crippen molar-refractivity contribution in [3.8, 4) is 5.75 Å². The highest BCUT2D eigenvalue weighted by molar-refractivity contribution is 7.88. The topological polar surface area (TPSA) is 105 Å². The molecule has 2 aromatic carbocycles. The maximum absolute atomic E-state index is 12.6. The maximum Gasteiger partial charge on any atom is 0.304 e. The normalized spacial score (nSPS) is 15.2. The second-order valence-corrected chi connectivity index (χ2v) is 10.8. The molecule has 2 aromatic rings. The third-order valence-electron chi connectivity index (χ3n) is 6.11. The molecule has 3 N–H and O–H groups in total. The van der Waals surface area contributed by atoms with E-state index in [1.165, 1.54) is 25.7 Å². The predicted octanol–water partition coefficient (Wildman–Crippen LogP) is 4.16. The van der Waals surface area contributed by atoms with E-state index in [-0.39, 0.29) is 31.0 Å². The first-order valence-corrected chi connectivity index (χ1v) is 13.7. The zero-order valence-corrected chi connectivity index (χ0v) is 21.7. The summed E-state index contributed by atoms with van der Waals surface area (Å²) < 4.78 is 33.6. The summed E-state index contributed by atoms with van der Waals surface area (Å²) in [5.74, 6) is 0.375. The number of hydrogen-bond acceptors (Lipinski definition) is 5. The SMILES string of the molecule is Cl.O=C(O)CC(Cc1ccc(OCCCCC2CCNCC2)cc1)NS(=O)(=O)Cc1ccccc1. The first-order chi connectivity index (χ1) is 16.4. The van der Waals surface area contributed by atoms with Gasteiger partial charge >= 0.3 is 5.97 Å². The molecule has 0 aromatic heterocycles. The van der Waals surface area contributed by atoms with E-state index in [4.69, 9.17) is 4.74 Å². The van der Waals surface area contributed by atoms with Crippen LogP contribution < -0.4 is 14.8 Å². The van der Waals surface area contributed by atoms with Gasteiger partial charge in [-0.1, -0.05) is 48.9 Å². The Hall–Kier alpha value is -2.13. The molecule has 0 saturated carbocycles. The summed E-state index contributed by atoms with van der Waals surface area (Å²) in [5, 5.41) is 12.7. The van der Waals surface area contributed by atoms with Gasteiger partial charge in [-0.3, -0.25) is 4.79 Å². The molecular formula is C26H37ClN2O5S. The van der Waals surface area contributed by atoms with E-state index in [1.807, 2.05) is 30.3 Å². The summed E-state index contributed by atoms with van der Waals surface area (Å²) in [5.41, 5.74) is 1.51. The number of rotatable bonds is 14. The van der Waals surface area contributed by atoms with Crippen molar-refractivity contribution in [2.24, 2.45) is 5.92 Å². The third-order valence-corrected chi connectivity index (χ3v) is 7.51. The highest BCUT2D eigenvalue weighted by atomic mass is 35.5. The Kier molecular flexibility index (Phi) is 12.5. The van der Waals surface area contributed by atoms with Crippen molar-refractivity contribution < 1.29 is 23.1 Å². The second-order valence-electron chi connectivity index (χ2n) is 9.04. The van der Waals surface area contributed by atoms with E-state index in [2.05, 4.69) is 10.0 Å². The lowest BCUT2D eigenvalue weighted by Crippen LogP contribution is -2.38. The van der Waals surface area contributed by atoms with Crippen LogP contribution in [0.3, 0.4) is 0 Å².